The van der Waals surface area contributed by atoms with Gasteiger partial charge < -0.3 is 13.9 Å². The molecule has 0 aliphatic carbocycles. The number of nitrogens with zero attached hydrogens (tertiary/aromatic N) is 1. The normalized spacial score (nSPS) is 12.1. The van der Waals surface area contributed by atoms with Crippen molar-refractivity contribution in [2.45, 2.75) is 0 Å². The van der Waals surface area contributed by atoms with Gasteiger partial charge in [0.15, 0.2) is 17.3 Å². The molecular weight excluding hydrogens is 441 g/mol. The number of hydrogen-bond donors (Lipinski definition) is 2. The molecular formula is C25H18FN3O5. The lowest BCUT2D eigenvalue weighted by Crippen LogP contribution is -2.41. The Morgan fingerprint density at radius 1 is 0.824 bits per heavy atom. The van der Waals surface area contributed by atoms with Crippen LogP contribution in [-0.4, -0.2) is 30.0 Å². The molecule has 0 atom stereocenters. The number of oxazole rings is 1. The van der Waals surface area contributed by atoms with Gasteiger partial charge in [0.1, 0.15) is 19.0 Å². The van der Waals surface area contributed by atoms with E-state index in [0.29, 0.717) is 35.8 Å². The van der Waals surface area contributed by atoms with Gasteiger partial charge in [-0.3, -0.25) is 20.4 Å². The highest BCUT2D eigenvalue weighted by molar-refractivity contribution is 6.02. The SMILES string of the molecule is O=C(NNC(=O)c1ccccc1-c1ncc(-c2ccccc2F)o1)c1ccc2c(c1)OCCO2. The maximum Gasteiger partial charge on any atom is 0.270 e. The van der Waals surface area contributed by atoms with Gasteiger partial charge in [0.05, 0.1) is 17.3 Å². The van der Waals surface area contributed by atoms with Crippen molar-refractivity contribution < 1.29 is 27.9 Å². The summed E-state index contributed by atoms with van der Waals surface area (Å²) < 4.78 is 30.8. The van der Waals surface area contributed by atoms with Crippen LogP contribution in [0.5, 0.6) is 11.5 Å². The number of hydrazine groups is 1. The summed E-state index contributed by atoms with van der Waals surface area (Å²) in [6, 6.07) is 17.5. The van der Waals surface area contributed by atoms with E-state index in [1.807, 2.05) is 0 Å². The zero-order chi connectivity index (χ0) is 23.5. The Morgan fingerprint density at radius 3 is 2.35 bits per heavy atom. The van der Waals surface area contributed by atoms with Crippen molar-refractivity contribution in [3.8, 4) is 34.3 Å². The number of fused-ring (bicyclic) bond motifs is 1. The summed E-state index contributed by atoms with van der Waals surface area (Å²) in [5.41, 5.74) is 5.93. The third-order valence-corrected chi connectivity index (χ3v) is 5.14. The molecule has 0 saturated heterocycles. The Hall–Kier alpha value is -4.66. The topological polar surface area (TPSA) is 103 Å². The second-order valence-corrected chi connectivity index (χ2v) is 7.32. The molecule has 34 heavy (non-hydrogen) atoms. The minimum absolute atomic E-state index is 0.141. The second kappa shape index (κ2) is 9.07. The Morgan fingerprint density at radius 2 is 1.53 bits per heavy atom. The van der Waals surface area contributed by atoms with Gasteiger partial charge in [-0.05, 0) is 42.5 Å². The third kappa shape index (κ3) is 4.18. The highest BCUT2D eigenvalue weighted by Crippen LogP contribution is 2.31. The molecule has 2 heterocycles. The minimum Gasteiger partial charge on any atom is -0.486 e. The van der Waals surface area contributed by atoms with Crippen molar-refractivity contribution in [3.05, 3.63) is 89.9 Å². The lowest BCUT2D eigenvalue weighted by Gasteiger charge is -2.18. The van der Waals surface area contributed by atoms with Crippen molar-refractivity contribution in [1.82, 2.24) is 15.8 Å². The molecule has 0 unspecified atom stereocenters. The lowest BCUT2D eigenvalue weighted by molar-refractivity contribution is 0.0846. The van der Waals surface area contributed by atoms with Crippen LogP contribution >= 0.6 is 0 Å². The fourth-order valence-electron chi connectivity index (χ4n) is 3.49. The van der Waals surface area contributed by atoms with Crippen molar-refractivity contribution in [2.75, 3.05) is 13.2 Å². The van der Waals surface area contributed by atoms with E-state index >= 15 is 0 Å². The molecule has 2 amide bonds. The molecule has 3 aromatic carbocycles. The second-order valence-electron chi connectivity index (χ2n) is 7.32. The van der Waals surface area contributed by atoms with Crippen LogP contribution in [0.25, 0.3) is 22.8 Å². The average Bonchev–Trinajstić information content (AvgIpc) is 3.37. The number of benzene rings is 3. The first-order valence-corrected chi connectivity index (χ1v) is 10.4. The summed E-state index contributed by atoms with van der Waals surface area (Å²) in [6.07, 6.45) is 1.39. The Labute approximate surface area is 193 Å². The molecule has 9 heteroatoms. The van der Waals surface area contributed by atoms with Gasteiger partial charge >= 0.3 is 0 Å². The van der Waals surface area contributed by atoms with Gasteiger partial charge in [0.2, 0.25) is 5.89 Å². The first-order chi connectivity index (χ1) is 16.6. The van der Waals surface area contributed by atoms with Crippen molar-refractivity contribution >= 4 is 11.8 Å². The van der Waals surface area contributed by atoms with Gasteiger partial charge in [0.25, 0.3) is 11.8 Å². The summed E-state index contributed by atoms with van der Waals surface area (Å²) in [7, 11) is 0. The van der Waals surface area contributed by atoms with Gasteiger partial charge in [0, 0.05) is 11.1 Å². The molecule has 170 valence electrons. The Bertz CT molecular complexity index is 1380. The fraction of sp³-hybridized carbons (Fsp3) is 0.0800. The summed E-state index contributed by atoms with van der Waals surface area (Å²) in [4.78, 5) is 29.6. The van der Waals surface area contributed by atoms with E-state index in [0.717, 1.165) is 0 Å². The van der Waals surface area contributed by atoms with Crippen LogP contribution in [0.1, 0.15) is 20.7 Å². The molecule has 1 aliphatic rings. The predicted octanol–water partition coefficient (Wildman–Crippen LogP) is 3.99. The van der Waals surface area contributed by atoms with Crippen molar-refractivity contribution in [1.29, 1.82) is 0 Å². The zero-order valence-electron chi connectivity index (χ0n) is 17.7. The van der Waals surface area contributed by atoms with E-state index < -0.39 is 17.6 Å². The Balaban J connectivity index is 1.32. The fourth-order valence-corrected chi connectivity index (χ4v) is 3.49. The molecule has 0 saturated carbocycles. The lowest BCUT2D eigenvalue weighted by atomic mass is 10.1. The molecule has 2 N–H and O–H groups in total. The van der Waals surface area contributed by atoms with E-state index in [2.05, 4.69) is 15.8 Å². The average molecular weight is 459 g/mol. The van der Waals surface area contributed by atoms with E-state index in [1.54, 1.807) is 60.7 Å². The van der Waals surface area contributed by atoms with Gasteiger partial charge in [-0.15, -0.1) is 0 Å². The monoisotopic (exact) mass is 459 g/mol. The standard InChI is InChI=1S/C25H18FN3O5/c26-19-8-4-3-7-18(19)22-14-27-25(34-22)17-6-2-1-5-16(17)24(31)29-28-23(30)15-9-10-20-21(13-15)33-12-11-32-20/h1-10,13-14H,11-12H2,(H,28,30)(H,29,31). The molecule has 0 radical (unpaired) electrons. The Kier molecular flexibility index (Phi) is 5.65. The number of carbonyl (C=O) groups is 2. The van der Waals surface area contributed by atoms with Crippen LogP contribution in [0, 0.1) is 5.82 Å². The third-order valence-electron chi connectivity index (χ3n) is 5.14. The van der Waals surface area contributed by atoms with Crippen LogP contribution in [-0.2, 0) is 0 Å². The van der Waals surface area contributed by atoms with E-state index in [4.69, 9.17) is 13.9 Å². The van der Waals surface area contributed by atoms with Crippen LogP contribution in [0.2, 0.25) is 0 Å². The van der Waals surface area contributed by atoms with Gasteiger partial charge in [-0.1, -0.05) is 24.3 Å². The van der Waals surface area contributed by atoms with Crippen molar-refractivity contribution in [3.63, 3.8) is 0 Å². The summed E-state index contributed by atoms with van der Waals surface area (Å²) in [6.45, 7) is 0.839. The number of rotatable bonds is 4. The largest absolute Gasteiger partial charge is 0.486 e. The molecule has 0 spiro atoms. The van der Waals surface area contributed by atoms with E-state index in [-0.39, 0.29) is 22.8 Å². The molecule has 4 aromatic rings. The molecule has 1 aromatic heterocycles. The highest BCUT2D eigenvalue weighted by atomic mass is 19.1. The quantitative estimate of drug-likeness (QED) is 0.448. The summed E-state index contributed by atoms with van der Waals surface area (Å²) in [5, 5.41) is 0. The van der Waals surface area contributed by atoms with E-state index in [9.17, 15) is 14.0 Å². The first-order valence-electron chi connectivity index (χ1n) is 10.4. The van der Waals surface area contributed by atoms with Crippen LogP contribution in [0.15, 0.2) is 77.3 Å². The molecule has 8 nitrogen and oxygen atoms in total. The number of nitrogens with one attached hydrogen (secondary N) is 2. The maximum absolute atomic E-state index is 14.1. The van der Waals surface area contributed by atoms with Crippen LogP contribution in [0.4, 0.5) is 4.39 Å². The highest BCUT2D eigenvalue weighted by Gasteiger charge is 2.19. The smallest absolute Gasteiger partial charge is 0.270 e. The van der Waals surface area contributed by atoms with Crippen LogP contribution in [0.3, 0.4) is 0 Å². The van der Waals surface area contributed by atoms with E-state index in [1.165, 1.54) is 12.3 Å². The first kappa shape index (κ1) is 21.2. The predicted molar refractivity (Wildman–Crippen MR) is 120 cm³/mol. The maximum atomic E-state index is 14.1. The molecule has 1 aliphatic heterocycles. The summed E-state index contributed by atoms with van der Waals surface area (Å²) in [5.74, 6) is -0.157. The number of amides is 2. The van der Waals surface area contributed by atoms with Crippen LogP contribution < -0.4 is 20.3 Å². The minimum atomic E-state index is -0.577. The number of ether oxygens (including phenoxy) is 2. The molecule has 0 fully saturated rings. The number of aromatic nitrogens is 1. The van der Waals surface area contributed by atoms with Gasteiger partial charge in [-0.25, -0.2) is 9.37 Å². The number of hydrogen-bond acceptors (Lipinski definition) is 6. The number of halogens is 1. The molecule has 5 rings (SSSR count). The van der Waals surface area contributed by atoms with Crippen molar-refractivity contribution in [2.24, 2.45) is 0 Å². The number of carbonyl (C=O) groups excluding carboxylic acids is 2. The zero-order valence-corrected chi connectivity index (χ0v) is 17.7. The molecule has 0 bridgehead atoms. The van der Waals surface area contributed by atoms with Gasteiger partial charge in [-0.2, -0.15) is 0 Å². The summed E-state index contributed by atoms with van der Waals surface area (Å²) >= 11 is 0.